The lowest BCUT2D eigenvalue weighted by molar-refractivity contribution is -0.162. The standard InChI is InChI=1S/C39H45ClF3N5O6/c1-36(2,3)54-35(51)47-22-37(4,5)53-21-30(47)26-11-13-27(14-12-26)48-31(40)19-28-33(48)44-24-46(34(28)50)23-38(52)15-17-45(18-16-38)32(49)20-29(39(41,42)43)25-9-7-6-8-10-25/h6-14,19,24,29-30,52H,15-18,20-23H2,1-5H3/t29-,30-/m1/s1. The Labute approximate surface area is 316 Å². The molecular formula is C39H45ClF3N5O6. The summed E-state index contributed by atoms with van der Waals surface area (Å²) in [6, 6.07) is 15.8. The fourth-order valence-electron chi connectivity index (χ4n) is 7.10. The van der Waals surface area contributed by atoms with Crippen molar-refractivity contribution in [3.63, 3.8) is 0 Å². The number of likely N-dealkylation sites (tertiary alicyclic amines) is 1. The van der Waals surface area contributed by atoms with Gasteiger partial charge in [0.25, 0.3) is 5.56 Å². The summed E-state index contributed by atoms with van der Waals surface area (Å²) >= 11 is 6.67. The van der Waals surface area contributed by atoms with E-state index in [2.05, 4.69) is 4.98 Å². The number of alkyl halides is 3. The van der Waals surface area contributed by atoms with Crippen LogP contribution in [0.15, 0.2) is 71.8 Å². The van der Waals surface area contributed by atoms with Crippen LogP contribution in [0.5, 0.6) is 0 Å². The van der Waals surface area contributed by atoms with Gasteiger partial charge in [-0.2, -0.15) is 13.2 Å². The molecule has 0 aliphatic carbocycles. The van der Waals surface area contributed by atoms with Gasteiger partial charge in [-0.1, -0.05) is 54.1 Å². The van der Waals surface area contributed by atoms with Crippen LogP contribution in [0.25, 0.3) is 16.7 Å². The van der Waals surface area contributed by atoms with E-state index in [0.29, 0.717) is 17.9 Å². The Morgan fingerprint density at radius 2 is 1.70 bits per heavy atom. The molecule has 2 amide bonds. The number of ether oxygens (including phenoxy) is 2. The second kappa shape index (κ2) is 14.7. The van der Waals surface area contributed by atoms with Crippen LogP contribution in [0.4, 0.5) is 18.0 Å². The molecule has 0 bridgehead atoms. The Bertz CT molecular complexity index is 2050. The molecule has 2 saturated heterocycles. The van der Waals surface area contributed by atoms with Crippen molar-refractivity contribution >= 4 is 34.6 Å². The van der Waals surface area contributed by atoms with Crippen molar-refractivity contribution in [1.82, 2.24) is 23.9 Å². The maximum atomic E-state index is 13.9. The number of benzene rings is 2. The Balaban J connectivity index is 1.15. The monoisotopic (exact) mass is 771 g/mol. The fraction of sp³-hybridized carbons (Fsp3) is 0.487. The molecule has 290 valence electrons. The smallest absolute Gasteiger partial charge is 0.410 e. The number of hydrogen-bond donors (Lipinski definition) is 1. The number of carbonyl (C=O) groups is 2. The first-order chi connectivity index (χ1) is 25.2. The minimum absolute atomic E-state index is 0.0189. The van der Waals surface area contributed by atoms with Crippen LogP contribution in [0.3, 0.4) is 0 Å². The molecular weight excluding hydrogens is 727 g/mol. The number of nitrogens with zero attached hydrogens (tertiary/aromatic N) is 5. The fourth-order valence-corrected chi connectivity index (χ4v) is 7.38. The van der Waals surface area contributed by atoms with Gasteiger partial charge in [0.15, 0.2) is 5.65 Å². The first-order valence-electron chi connectivity index (χ1n) is 17.9. The Hall–Kier alpha value is -4.40. The molecule has 0 radical (unpaired) electrons. The molecule has 1 N–H and O–H groups in total. The van der Waals surface area contributed by atoms with Gasteiger partial charge in [0.1, 0.15) is 17.1 Å². The zero-order valence-corrected chi connectivity index (χ0v) is 31.7. The van der Waals surface area contributed by atoms with Crippen LogP contribution in [0, 0.1) is 0 Å². The van der Waals surface area contributed by atoms with E-state index < -0.39 is 58.9 Å². The lowest BCUT2D eigenvalue weighted by Gasteiger charge is -2.44. The van der Waals surface area contributed by atoms with E-state index >= 15 is 0 Å². The van der Waals surface area contributed by atoms with E-state index in [1.807, 2.05) is 58.9 Å². The van der Waals surface area contributed by atoms with Gasteiger partial charge in [0.2, 0.25) is 5.91 Å². The average Bonchev–Trinajstić information content (AvgIpc) is 3.44. The Morgan fingerprint density at radius 3 is 2.31 bits per heavy atom. The van der Waals surface area contributed by atoms with Gasteiger partial charge in [-0.15, -0.1) is 0 Å². The van der Waals surface area contributed by atoms with E-state index in [9.17, 15) is 32.7 Å². The first kappa shape index (κ1) is 39.3. The van der Waals surface area contributed by atoms with Crippen molar-refractivity contribution in [2.45, 2.75) is 95.4 Å². The molecule has 2 atom stereocenters. The summed E-state index contributed by atoms with van der Waals surface area (Å²) in [6.45, 7) is 9.85. The van der Waals surface area contributed by atoms with Gasteiger partial charge in [-0.25, -0.2) is 9.78 Å². The summed E-state index contributed by atoms with van der Waals surface area (Å²) in [5.41, 5.74) is -1.29. The molecule has 4 heterocycles. The molecule has 2 aromatic carbocycles. The number of piperidine rings is 1. The molecule has 2 aliphatic rings. The SMILES string of the molecule is CC(C)(C)OC(=O)N1CC(C)(C)OC[C@@H]1c1ccc(-n2c(Cl)cc3c(=O)n(CC4(O)CCN(C(=O)C[C@H](c5ccccc5)C(F)(F)F)CC4)cnc32)cc1. The van der Waals surface area contributed by atoms with Crippen LogP contribution in [-0.4, -0.2) is 90.2 Å². The highest BCUT2D eigenvalue weighted by molar-refractivity contribution is 6.31. The summed E-state index contributed by atoms with van der Waals surface area (Å²) in [5, 5.41) is 11.9. The van der Waals surface area contributed by atoms with Crippen LogP contribution >= 0.6 is 11.6 Å². The highest BCUT2D eigenvalue weighted by Crippen LogP contribution is 2.39. The highest BCUT2D eigenvalue weighted by Gasteiger charge is 2.44. The molecule has 0 saturated carbocycles. The normalized spacial score (nSPS) is 19.5. The number of rotatable bonds is 7. The van der Waals surface area contributed by atoms with Crippen molar-refractivity contribution in [3.05, 3.63) is 93.6 Å². The zero-order chi connectivity index (χ0) is 39.2. The van der Waals surface area contributed by atoms with E-state index in [1.54, 1.807) is 15.5 Å². The second-order valence-corrected chi connectivity index (χ2v) is 16.2. The second-order valence-electron chi connectivity index (χ2n) is 15.8. The molecule has 54 heavy (non-hydrogen) atoms. The van der Waals surface area contributed by atoms with Crippen molar-refractivity contribution in [1.29, 1.82) is 0 Å². The van der Waals surface area contributed by atoms with Gasteiger partial charge < -0.3 is 19.5 Å². The number of hydrogen-bond acceptors (Lipinski definition) is 7. The highest BCUT2D eigenvalue weighted by atomic mass is 35.5. The third kappa shape index (κ3) is 8.61. The molecule has 2 aromatic heterocycles. The number of carbonyl (C=O) groups excluding carboxylic acids is 2. The molecule has 6 rings (SSSR count). The third-order valence-electron chi connectivity index (χ3n) is 9.95. The van der Waals surface area contributed by atoms with Crippen LogP contribution in [0.1, 0.15) is 77.0 Å². The van der Waals surface area contributed by atoms with Gasteiger partial charge >= 0.3 is 12.3 Å². The van der Waals surface area contributed by atoms with Crippen molar-refractivity contribution < 1.29 is 37.3 Å². The van der Waals surface area contributed by atoms with Crippen LogP contribution < -0.4 is 5.56 Å². The predicted molar refractivity (Wildman–Crippen MR) is 197 cm³/mol. The molecule has 0 unspecified atom stereocenters. The molecule has 11 nitrogen and oxygen atoms in total. The number of aliphatic hydroxyl groups is 1. The number of halogens is 4. The van der Waals surface area contributed by atoms with Crippen LogP contribution in [-0.2, 0) is 20.8 Å². The van der Waals surface area contributed by atoms with Gasteiger partial charge in [0.05, 0.1) is 48.2 Å². The predicted octanol–water partition coefficient (Wildman–Crippen LogP) is 7.02. The lowest BCUT2D eigenvalue weighted by Crippen LogP contribution is -2.53. The summed E-state index contributed by atoms with van der Waals surface area (Å²) in [4.78, 5) is 47.4. The van der Waals surface area contributed by atoms with E-state index in [0.717, 1.165) is 5.56 Å². The molecule has 4 aromatic rings. The quantitative estimate of drug-likeness (QED) is 0.215. The summed E-state index contributed by atoms with van der Waals surface area (Å²) < 4.78 is 56.3. The lowest BCUT2D eigenvalue weighted by atomic mass is 9.89. The molecule has 0 spiro atoms. The van der Waals surface area contributed by atoms with Crippen LogP contribution in [0.2, 0.25) is 5.15 Å². The van der Waals surface area contributed by atoms with Gasteiger partial charge in [-0.05, 0) is 76.8 Å². The topological polar surface area (TPSA) is 119 Å². The molecule has 2 aliphatic heterocycles. The summed E-state index contributed by atoms with van der Waals surface area (Å²) in [6.07, 6.45) is -4.31. The molecule has 2 fully saturated rings. The van der Waals surface area contributed by atoms with Gasteiger partial charge in [0, 0.05) is 25.2 Å². The Kier molecular flexibility index (Phi) is 10.7. The van der Waals surface area contributed by atoms with Crippen molar-refractivity contribution in [2.24, 2.45) is 0 Å². The van der Waals surface area contributed by atoms with E-state index in [1.165, 1.54) is 46.1 Å². The van der Waals surface area contributed by atoms with Crippen molar-refractivity contribution in [2.75, 3.05) is 26.2 Å². The maximum Gasteiger partial charge on any atom is 0.410 e. The first-order valence-corrected chi connectivity index (χ1v) is 18.2. The number of morpholine rings is 1. The third-order valence-corrected chi connectivity index (χ3v) is 10.2. The Morgan fingerprint density at radius 1 is 1.06 bits per heavy atom. The number of aromatic nitrogens is 3. The zero-order valence-electron chi connectivity index (χ0n) is 30.9. The van der Waals surface area contributed by atoms with Crippen molar-refractivity contribution in [3.8, 4) is 5.69 Å². The minimum atomic E-state index is -4.60. The minimum Gasteiger partial charge on any atom is -0.444 e. The van der Waals surface area contributed by atoms with E-state index in [4.69, 9.17) is 21.1 Å². The van der Waals surface area contributed by atoms with E-state index in [-0.39, 0.29) is 55.2 Å². The maximum absolute atomic E-state index is 13.9. The molecule has 15 heteroatoms. The van der Waals surface area contributed by atoms with Gasteiger partial charge in [-0.3, -0.25) is 23.6 Å². The average molecular weight is 772 g/mol. The summed E-state index contributed by atoms with van der Waals surface area (Å²) in [5.74, 6) is -2.59. The largest absolute Gasteiger partial charge is 0.444 e. The number of amides is 2. The summed E-state index contributed by atoms with van der Waals surface area (Å²) in [7, 11) is 0. The number of fused-ring (bicyclic) bond motifs is 1.